The molecule has 2 aromatic rings. The highest BCUT2D eigenvalue weighted by atomic mass is 35.5. The smallest absolute Gasteiger partial charge is 0.164 e. The van der Waals surface area contributed by atoms with E-state index in [9.17, 15) is 0 Å². The number of benzene rings is 1. The van der Waals surface area contributed by atoms with Crippen molar-refractivity contribution < 1.29 is 0 Å². The topological polar surface area (TPSA) is 42.7 Å². The van der Waals surface area contributed by atoms with Gasteiger partial charge in [-0.3, -0.25) is 0 Å². The van der Waals surface area contributed by atoms with Crippen LogP contribution in [0.5, 0.6) is 0 Å². The summed E-state index contributed by atoms with van der Waals surface area (Å²) in [5, 5.41) is 12.8. The first-order valence-corrected chi connectivity index (χ1v) is 7.01. The summed E-state index contributed by atoms with van der Waals surface area (Å²) in [6.07, 6.45) is 2.37. The second kappa shape index (κ2) is 5.31. The molecule has 1 unspecified atom stereocenters. The third-order valence-corrected chi connectivity index (χ3v) is 3.86. The summed E-state index contributed by atoms with van der Waals surface area (Å²) in [4.78, 5) is 0. The highest BCUT2D eigenvalue weighted by molar-refractivity contribution is 6.30. The van der Waals surface area contributed by atoms with Crippen LogP contribution in [-0.4, -0.2) is 27.9 Å². The van der Waals surface area contributed by atoms with Gasteiger partial charge in [-0.2, -0.15) is 0 Å². The van der Waals surface area contributed by atoms with Crippen molar-refractivity contribution in [1.82, 2.24) is 20.1 Å². The Balaban J connectivity index is 1.99. The molecule has 0 spiro atoms. The molecule has 0 saturated carbocycles. The third kappa shape index (κ3) is 2.51. The maximum absolute atomic E-state index is 5.94. The molecule has 1 aromatic carbocycles. The first kappa shape index (κ1) is 12.6. The van der Waals surface area contributed by atoms with Crippen LogP contribution in [-0.2, 0) is 0 Å². The van der Waals surface area contributed by atoms with Crippen molar-refractivity contribution in [2.24, 2.45) is 0 Å². The molecule has 1 atom stereocenters. The number of aromatic nitrogens is 3. The zero-order valence-corrected chi connectivity index (χ0v) is 11.7. The predicted octanol–water partition coefficient (Wildman–Crippen LogP) is 2.83. The van der Waals surface area contributed by atoms with Crippen molar-refractivity contribution in [3.8, 4) is 11.4 Å². The minimum absolute atomic E-state index is 0.439. The predicted molar refractivity (Wildman–Crippen MR) is 76.3 cm³/mol. The van der Waals surface area contributed by atoms with E-state index < -0.39 is 0 Å². The van der Waals surface area contributed by atoms with Gasteiger partial charge < -0.3 is 9.88 Å². The Morgan fingerprint density at radius 3 is 2.74 bits per heavy atom. The van der Waals surface area contributed by atoms with Crippen LogP contribution in [0.4, 0.5) is 0 Å². The number of nitrogens with one attached hydrogen (secondary N) is 1. The van der Waals surface area contributed by atoms with E-state index in [1.54, 1.807) is 0 Å². The lowest BCUT2D eigenvalue weighted by molar-refractivity contribution is 0.368. The minimum atomic E-state index is 0.439. The second-order valence-corrected chi connectivity index (χ2v) is 5.38. The average Bonchev–Trinajstić information content (AvgIpc) is 2.82. The summed E-state index contributed by atoms with van der Waals surface area (Å²) in [6, 6.07) is 8.22. The van der Waals surface area contributed by atoms with Crippen LogP contribution in [0.25, 0.3) is 11.4 Å². The van der Waals surface area contributed by atoms with Crippen LogP contribution >= 0.6 is 11.6 Å². The highest BCUT2D eigenvalue weighted by Gasteiger charge is 2.21. The molecule has 0 amide bonds. The number of nitrogens with zero attached hydrogens (tertiary/aromatic N) is 3. The molecule has 4 nitrogen and oxygen atoms in total. The van der Waals surface area contributed by atoms with Gasteiger partial charge in [0.2, 0.25) is 0 Å². The molecule has 19 heavy (non-hydrogen) atoms. The molecule has 5 heteroatoms. The minimum Gasteiger partial charge on any atom is -0.315 e. The van der Waals surface area contributed by atoms with Gasteiger partial charge in [0.1, 0.15) is 5.82 Å². The molecule has 1 aliphatic heterocycles. The van der Waals surface area contributed by atoms with Gasteiger partial charge in [0, 0.05) is 23.2 Å². The molecule has 100 valence electrons. The van der Waals surface area contributed by atoms with Crippen LogP contribution in [0, 0.1) is 6.92 Å². The van der Waals surface area contributed by atoms with Crippen molar-refractivity contribution in [3.05, 3.63) is 35.1 Å². The summed E-state index contributed by atoms with van der Waals surface area (Å²) in [5.41, 5.74) is 1.07. The van der Waals surface area contributed by atoms with Crippen LogP contribution in [0.3, 0.4) is 0 Å². The standard InChI is InChI=1S/C14H17ClN4/c1-10-17-18-14(11-4-6-12(15)7-5-11)19(10)13-3-2-8-16-9-13/h4-7,13,16H,2-3,8-9H2,1H3. The van der Waals surface area contributed by atoms with E-state index in [4.69, 9.17) is 11.6 Å². The highest BCUT2D eigenvalue weighted by Crippen LogP contribution is 2.26. The first-order valence-electron chi connectivity index (χ1n) is 6.64. The van der Waals surface area contributed by atoms with Gasteiger partial charge in [-0.15, -0.1) is 10.2 Å². The summed E-state index contributed by atoms with van der Waals surface area (Å²) >= 11 is 5.94. The maximum Gasteiger partial charge on any atom is 0.164 e. The van der Waals surface area contributed by atoms with Crippen molar-refractivity contribution in [2.45, 2.75) is 25.8 Å². The number of aryl methyl sites for hydroxylation is 1. The van der Waals surface area contributed by atoms with Gasteiger partial charge in [0.15, 0.2) is 5.82 Å². The monoisotopic (exact) mass is 276 g/mol. The molecule has 1 aromatic heterocycles. The Morgan fingerprint density at radius 1 is 1.26 bits per heavy atom. The van der Waals surface area contributed by atoms with E-state index >= 15 is 0 Å². The van der Waals surface area contributed by atoms with Crippen LogP contribution in [0.2, 0.25) is 5.02 Å². The van der Waals surface area contributed by atoms with Gasteiger partial charge in [0.25, 0.3) is 0 Å². The molecule has 1 aliphatic rings. The Bertz CT molecular complexity index is 555. The largest absolute Gasteiger partial charge is 0.315 e. The average molecular weight is 277 g/mol. The van der Waals surface area contributed by atoms with Crippen LogP contribution in [0.15, 0.2) is 24.3 Å². The van der Waals surface area contributed by atoms with E-state index in [1.807, 2.05) is 31.2 Å². The Labute approximate surface area is 117 Å². The van der Waals surface area contributed by atoms with E-state index in [0.717, 1.165) is 35.3 Å². The van der Waals surface area contributed by atoms with E-state index in [-0.39, 0.29) is 0 Å². The quantitative estimate of drug-likeness (QED) is 0.917. The summed E-state index contributed by atoms with van der Waals surface area (Å²) in [7, 11) is 0. The van der Waals surface area contributed by atoms with Gasteiger partial charge in [0.05, 0.1) is 0 Å². The number of hydrogen-bond acceptors (Lipinski definition) is 3. The SMILES string of the molecule is Cc1nnc(-c2ccc(Cl)cc2)n1C1CCCNC1. The Morgan fingerprint density at radius 2 is 2.05 bits per heavy atom. The zero-order valence-electron chi connectivity index (χ0n) is 10.9. The number of piperidine rings is 1. The maximum atomic E-state index is 5.94. The molecule has 1 fully saturated rings. The Kier molecular flexibility index (Phi) is 3.53. The fourth-order valence-electron chi connectivity index (χ4n) is 2.66. The number of halogens is 1. The van der Waals surface area contributed by atoms with E-state index in [1.165, 1.54) is 12.8 Å². The van der Waals surface area contributed by atoms with Crippen molar-refractivity contribution in [1.29, 1.82) is 0 Å². The van der Waals surface area contributed by atoms with E-state index in [2.05, 4.69) is 20.1 Å². The Hall–Kier alpha value is -1.39. The summed E-state index contributed by atoms with van der Waals surface area (Å²) in [6.45, 7) is 4.11. The fourth-order valence-corrected chi connectivity index (χ4v) is 2.78. The molecular formula is C14H17ClN4. The molecule has 0 radical (unpaired) electrons. The third-order valence-electron chi connectivity index (χ3n) is 3.60. The fraction of sp³-hybridized carbons (Fsp3) is 0.429. The van der Waals surface area contributed by atoms with E-state index in [0.29, 0.717) is 6.04 Å². The summed E-state index contributed by atoms with van der Waals surface area (Å²) < 4.78 is 2.25. The van der Waals surface area contributed by atoms with Gasteiger partial charge >= 0.3 is 0 Å². The number of rotatable bonds is 2. The number of hydrogen-bond donors (Lipinski definition) is 1. The molecule has 2 heterocycles. The molecule has 0 bridgehead atoms. The lowest BCUT2D eigenvalue weighted by Gasteiger charge is -2.26. The van der Waals surface area contributed by atoms with Gasteiger partial charge in [-0.05, 0) is 50.6 Å². The van der Waals surface area contributed by atoms with Crippen molar-refractivity contribution in [3.63, 3.8) is 0 Å². The summed E-state index contributed by atoms with van der Waals surface area (Å²) in [5.74, 6) is 1.90. The molecule has 3 rings (SSSR count). The van der Waals surface area contributed by atoms with Crippen molar-refractivity contribution in [2.75, 3.05) is 13.1 Å². The second-order valence-electron chi connectivity index (χ2n) is 4.95. The molecular weight excluding hydrogens is 260 g/mol. The van der Waals surface area contributed by atoms with Crippen LogP contribution in [0.1, 0.15) is 24.7 Å². The molecule has 0 aliphatic carbocycles. The molecule has 1 N–H and O–H groups in total. The van der Waals surface area contributed by atoms with Gasteiger partial charge in [-0.25, -0.2) is 0 Å². The zero-order chi connectivity index (χ0) is 13.2. The lowest BCUT2D eigenvalue weighted by atomic mass is 10.1. The van der Waals surface area contributed by atoms with Gasteiger partial charge in [-0.1, -0.05) is 11.6 Å². The lowest BCUT2D eigenvalue weighted by Crippen LogP contribution is -2.32. The normalized spacial score (nSPS) is 19.6. The van der Waals surface area contributed by atoms with Crippen LogP contribution < -0.4 is 5.32 Å². The molecule has 1 saturated heterocycles. The van der Waals surface area contributed by atoms with Crippen molar-refractivity contribution >= 4 is 11.6 Å². The first-order chi connectivity index (χ1) is 9.25.